The smallest absolute Gasteiger partial charge is 0.219 e. The third-order valence-electron chi connectivity index (χ3n) is 2.05. The molecule has 1 aromatic rings. The Hall–Kier alpha value is -1.08. The van der Waals surface area contributed by atoms with Crippen LogP contribution in [0.2, 0.25) is 0 Å². The molecule has 1 aromatic heterocycles. The van der Waals surface area contributed by atoms with Gasteiger partial charge in [0.2, 0.25) is 5.88 Å². The molecule has 0 spiro atoms. The number of hydrogen-bond acceptors (Lipinski definition) is 3. The molecule has 1 rings (SSSR count). The fraction of sp³-hybridized carbons (Fsp3) is 0.538. The van der Waals surface area contributed by atoms with Gasteiger partial charge in [-0.05, 0) is 29.8 Å². The van der Waals surface area contributed by atoms with E-state index in [4.69, 9.17) is 11.2 Å². The lowest BCUT2D eigenvalue weighted by Gasteiger charge is -2.22. The average molecular weight is 297 g/mol. The minimum atomic E-state index is -0.678. The van der Waals surface area contributed by atoms with Gasteiger partial charge in [0.15, 0.2) is 5.60 Å². The maximum atomic E-state index is 5.65. The molecule has 4 heteroatoms. The molecule has 0 saturated carbocycles. The average Bonchev–Trinajstić information content (AvgIpc) is 2.14. The standard InChI is InChI=1S/C13H17BrN2O/c1-7-13(5,6)17-10-8-9(14)15-11(16-10)12(2,3)4/h1,8H,2-6H3. The van der Waals surface area contributed by atoms with Gasteiger partial charge in [0, 0.05) is 11.5 Å². The fourth-order valence-corrected chi connectivity index (χ4v) is 1.44. The van der Waals surface area contributed by atoms with E-state index in [-0.39, 0.29) is 5.41 Å². The second-order valence-electron chi connectivity index (χ2n) is 5.36. The Labute approximate surface area is 111 Å². The molecule has 0 aliphatic rings. The molecule has 0 bridgehead atoms. The second kappa shape index (κ2) is 4.66. The monoisotopic (exact) mass is 296 g/mol. The van der Waals surface area contributed by atoms with Gasteiger partial charge < -0.3 is 4.74 Å². The Morgan fingerprint density at radius 3 is 2.29 bits per heavy atom. The summed E-state index contributed by atoms with van der Waals surface area (Å²) in [6, 6.07) is 1.72. The summed E-state index contributed by atoms with van der Waals surface area (Å²) in [5, 5.41) is 0. The quantitative estimate of drug-likeness (QED) is 0.620. The summed E-state index contributed by atoms with van der Waals surface area (Å²) in [4.78, 5) is 8.71. The van der Waals surface area contributed by atoms with Crippen molar-refractivity contribution >= 4 is 15.9 Å². The molecule has 0 unspecified atom stereocenters. The third kappa shape index (κ3) is 4.01. The Morgan fingerprint density at radius 1 is 1.24 bits per heavy atom. The van der Waals surface area contributed by atoms with Gasteiger partial charge in [-0.1, -0.05) is 26.7 Å². The summed E-state index contributed by atoms with van der Waals surface area (Å²) < 4.78 is 6.35. The molecule has 0 aromatic carbocycles. The van der Waals surface area contributed by atoms with E-state index in [0.717, 1.165) is 5.82 Å². The van der Waals surface area contributed by atoms with E-state index in [1.54, 1.807) is 6.07 Å². The van der Waals surface area contributed by atoms with Crippen molar-refractivity contribution in [3.05, 3.63) is 16.5 Å². The van der Waals surface area contributed by atoms with Crippen molar-refractivity contribution in [1.29, 1.82) is 0 Å². The lowest BCUT2D eigenvalue weighted by molar-refractivity contribution is 0.163. The van der Waals surface area contributed by atoms with E-state index < -0.39 is 5.60 Å². The molecule has 0 radical (unpaired) electrons. The molecule has 17 heavy (non-hydrogen) atoms. The topological polar surface area (TPSA) is 35.0 Å². The number of nitrogens with zero attached hydrogens (tertiary/aromatic N) is 2. The number of hydrogen-bond donors (Lipinski definition) is 0. The van der Waals surface area contributed by atoms with Crippen LogP contribution in [-0.4, -0.2) is 15.6 Å². The van der Waals surface area contributed by atoms with E-state index in [1.165, 1.54) is 0 Å². The lowest BCUT2D eigenvalue weighted by atomic mass is 9.96. The van der Waals surface area contributed by atoms with Crippen molar-refractivity contribution in [3.63, 3.8) is 0 Å². The molecule has 0 aliphatic carbocycles. The summed E-state index contributed by atoms with van der Waals surface area (Å²) in [5.74, 6) is 3.77. The van der Waals surface area contributed by atoms with Crippen molar-refractivity contribution in [2.24, 2.45) is 0 Å². The zero-order valence-corrected chi connectivity index (χ0v) is 12.4. The van der Waals surface area contributed by atoms with Crippen LogP contribution in [0.15, 0.2) is 10.7 Å². The van der Waals surface area contributed by atoms with Crippen LogP contribution >= 0.6 is 15.9 Å². The first-order valence-corrected chi connectivity index (χ1v) is 6.15. The number of ether oxygens (including phenoxy) is 1. The minimum Gasteiger partial charge on any atom is -0.458 e. The van der Waals surface area contributed by atoms with Crippen molar-refractivity contribution in [3.8, 4) is 18.2 Å². The summed E-state index contributed by atoms with van der Waals surface area (Å²) in [6.45, 7) is 9.78. The van der Waals surface area contributed by atoms with Crippen molar-refractivity contribution in [2.45, 2.75) is 45.6 Å². The highest BCUT2D eigenvalue weighted by atomic mass is 79.9. The Balaban J connectivity index is 3.12. The van der Waals surface area contributed by atoms with Crippen molar-refractivity contribution < 1.29 is 4.74 Å². The van der Waals surface area contributed by atoms with E-state index >= 15 is 0 Å². The summed E-state index contributed by atoms with van der Waals surface area (Å²) in [5.41, 5.74) is -0.814. The van der Waals surface area contributed by atoms with Crippen molar-refractivity contribution in [1.82, 2.24) is 9.97 Å². The number of aromatic nitrogens is 2. The lowest BCUT2D eigenvalue weighted by Crippen LogP contribution is -2.27. The predicted molar refractivity (Wildman–Crippen MR) is 72.0 cm³/mol. The maximum Gasteiger partial charge on any atom is 0.219 e. The summed E-state index contributed by atoms with van der Waals surface area (Å²) >= 11 is 3.35. The number of rotatable bonds is 2. The highest BCUT2D eigenvalue weighted by Crippen LogP contribution is 2.25. The van der Waals surface area contributed by atoms with Gasteiger partial charge in [-0.15, -0.1) is 6.42 Å². The molecule has 0 aliphatic heterocycles. The molecular formula is C13H17BrN2O. The van der Waals surface area contributed by atoms with Crippen LogP contribution in [0.5, 0.6) is 5.88 Å². The highest BCUT2D eigenvalue weighted by molar-refractivity contribution is 9.10. The SMILES string of the molecule is C#CC(C)(C)Oc1cc(Br)nc(C(C)(C)C)n1. The largest absolute Gasteiger partial charge is 0.458 e. The molecular weight excluding hydrogens is 280 g/mol. The second-order valence-corrected chi connectivity index (χ2v) is 6.17. The molecule has 92 valence electrons. The first kappa shape index (κ1) is 14.0. The van der Waals surface area contributed by atoms with Gasteiger partial charge in [-0.25, -0.2) is 4.98 Å². The van der Waals surface area contributed by atoms with Crippen LogP contribution in [0, 0.1) is 12.3 Å². The molecule has 0 saturated heterocycles. The first-order valence-electron chi connectivity index (χ1n) is 5.36. The molecule has 0 N–H and O–H groups in total. The minimum absolute atomic E-state index is 0.137. The Bertz CT molecular complexity index is 455. The normalized spacial score (nSPS) is 12.1. The van der Waals surface area contributed by atoms with E-state index in [9.17, 15) is 0 Å². The third-order valence-corrected chi connectivity index (χ3v) is 2.46. The molecule has 0 amide bonds. The van der Waals surface area contributed by atoms with Gasteiger partial charge >= 0.3 is 0 Å². The Morgan fingerprint density at radius 2 is 1.82 bits per heavy atom. The van der Waals surface area contributed by atoms with Gasteiger partial charge in [0.05, 0.1) is 0 Å². The van der Waals surface area contributed by atoms with E-state index in [2.05, 4.69) is 31.8 Å². The predicted octanol–water partition coefficient (Wildman–Crippen LogP) is 3.33. The summed E-state index contributed by atoms with van der Waals surface area (Å²) in [6.07, 6.45) is 5.39. The van der Waals surface area contributed by atoms with E-state index in [0.29, 0.717) is 10.5 Å². The van der Waals surface area contributed by atoms with Crippen molar-refractivity contribution in [2.75, 3.05) is 0 Å². The van der Waals surface area contributed by atoms with Gasteiger partial charge in [-0.3, -0.25) is 0 Å². The van der Waals surface area contributed by atoms with Gasteiger partial charge in [0.25, 0.3) is 0 Å². The zero-order chi connectivity index (χ0) is 13.3. The Kier molecular flexibility index (Phi) is 3.83. The van der Waals surface area contributed by atoms with Crippen LogP contribution < -0.4 is 4.74 Å². The molecule has 0 atom stereocenters. The molecule has 0 fully saturated rings. The number of terminal acetylenes is 1. The van der Waals surface area contributed by atoms with Crippen LogP contribution in [0.1, 0.15) is 40.4 Å². The van der Waals surface area contributed by atoms with Crippen LogP contribution in [0.4, 0.5) is 0 Å². The first-order chi connectivity index (χ1) is 7.64. The van der Waals surface area contributed by atoms with E-state index in [1.807, 2.05) is 34.6 Å². The maximum absolute atomic E-state index is 5.65. The van der Waals surface area contributed by atoms with Gasteiger partial charge in [0.1, 0.15) is 10.4 Å². The van der Waals surface area contributed by atoms with Crippen LogP contribution in [0.25, 0.3) is 0 Å². The van der Waals surface area contributed by atoms with Gasteiger partial charge in [-0.2, -0.15) is 4.98 Å². The van der Waals surface area contributed by atoms with Crippen LogP contribution in [0.3, 0.4) is 0 Å². The highest BCUT2D eigenvalue weighted by Gasteiger charge is 2.22. The zero-order valence-electron chi connectivity index (χ0n) is 10.8. The summed E-state index contributed by atoms with van der Waals surface area (Å²) in [7, 11) is 0. The molecule has 3 nitrogen and oxygen atoms in total. The van der Waals surface area contributed by atoms with Crippen LogP contribution in [-0.2, 0) is 5.41 Å². The molecule has 1 heterocycles. The fourth-order valence-electron chi connectivity index (χ4n) is 1.08. The number of halogens is 1.